The van der Waals surface area contributed by atoms with Crippen LogP contribution in [0.2, 0.25) is 10.0 Å². The molecule has 0 fully saturated rings. The lowest BCUT2D eigenvalue weighted by molar-refractivity contribution is -0.319. The first-order chi connectivity index (χ1) is 9.67. The van der Waals surface area contributed by atoms with Crippen LogP contribution in [0.4, 0.5) is 0 Å². The van der Waals surface area contributed by atoms with E-state index in [9.17, 15) is 5.26 Å². The number of fused-ring (bicyclic) bond motifs is 1. The van der Waals surface area contributed by atoms with Gasteiger partial charge in [-0.1, -0.05) is 53.5 Å². The second-order valence-electron chi connectivity index (χ2n) is 5.06. The van der Waals surface area contributed by atoms with Crippen LogP contribution in [0.5, 0.6) is 0 Å². The van der Waals surface area contributed by atoms with Crippen LogP contribution >= 0.6 is 23.2 Å². The SMILES string of the molecule is OOC1(c2ccc(Cl)c(Cl)c2)CCCc2ccccc21. The van der Waals surface area contributed by atoms with Crippen molar-refractivity contribution >= 4 is 23.2 Å². The minimum absolute atomic E-state index is 0.462. The van der Waals surface area contributed by atoms with Crippen molar-refractivity contribution in [1.82, 2.24) is 0 Å². The molecule has 0 amide bonds. The van der Waals surface area contributed by atoms with Crippen LogP contribution < -0.4 is 0 Å². The lowest BCUT2D eigenvalue weighted by atomic mass is 9.75. The average molecular weight is 309 g/mol. The minimum atomic E-state index is -0.858. The number of hydrogen-bond donors (Lipinski definition) is 1. The van der Waals surface area contributed by atoms with E-state index in [1.54, 1.807) is 12.1 Å². The van der Waals surface area contributed by atoms with Crippen molar-refractivity contribution in [2.75, 3.05) is 0 Å². The summed E-state index contributed by atoms with van der Waals surface area (Å²) in [6.45, 7) is 0. The standard InChI is InChI=1S/C16H14Cl2O2/c17-14-8-7-12(10-15(14)18)16(20-19)9-3-5-11-4-1-2-6-13(11)16/h1-2,4,6-8,10,19H,3,5,9H2. The maximum absolute atomic E-state index is 9.63. The minimum Gasteiger partial charge on any atom is -0.251 e. The molecule has 1 N–H and O–H groups in total. The summed E-state index contributed by atoms with van der Waals surface area (Å²) in [6.07, 6.45) is 2.64. The highest BCUT2D eigenvalue weighted by Gasteiger charge is 2.40. The second-order valence-corrected chi connectivity index (χ2v) is 5.87. The van der Waals surface area contributed by atoms with Gasteiger partial charge in [-0.2, -0.15) is 0 Å². The molecule has 1 unspecified atom stereocenters. The highest BCUT2D eigenvalue weighted by molar-refractivity contribution is 6.42. The lowest BCUT2D eigenvalue weighted by Crippen LogP contribution is -2.34. The molecule has 1 aliphatic rings. The van der Waals surface area contributed by atoms with Crippen molar-refractivity contribution < 1.29 is 10.1 Å². The first-order valence-corrected chi connectivity index (χ1v) is 7.29. The highest BCUT2D eigenvalue weighted by Crippen LogP contribution is 2.44. The molecule has 0 heterocycles. The van der Waals surface area contributed by atoms with E-state index in [0.717, 1.165) is 24.0 Å². The van der Waals surface area contributed by atoms with Gasteiger partial charge in [-0.3, -0.25) is 5.26 Å². The Morgan fingerprint density at radius 1 is 1.05 bits per heavy atom. The van der Waals surface area contributed by atoms with Crippen molar-refractivity contribution in [3.05, 3.63) is 69.2 Å². The van der Waals surface area contributed by atoms with E-state index < -0.39 is 5.60 Å². The van der Waals surface area contributed by atoms with Crippen LogP contribution in [0.1, 0.15) is 29.5 Å². The van der Waals surface area contributed by atoms with Gasteiger partial charge >= 0.3 is 0 Å². The Labute approximate surface area is 127 Å². The summed E-state index contributed by atoms with van der Waals surface area (Å²) in [5.41, 5.74) is 2.15. The summed E-state index contributed by atoms with van der Waals surface area (Å²) in [6, 6.07) is 13.4. The molecular weight excluding hydrogens is 295 g/mol. The van der Waals surface area contributed by atoms with Crippen molar-refractivity contribution in [3.8, 4) is 0 Å². The Morgan fingerprint density at radius 2 is 1.85 bits per heavy atom. The number of halogens is 2. The van der Waals surface area contributed by atoms with Gasteiger partial charge in [0.05, 0.1) is 10.0 Å². The largest absolute Gasteiger partial charge is 0.251 e. The van der Waals surface area contributed by atoms with Crippen molar-refractivity contribution in [1.29, 1.82) is 0 Å². The van der Waals surface area contributed by atoms with Gasteiger partial charge in [0.2, 0.25) is 0 Å². The third-order valence-corrected chi connectivity index (χ3v) is 4.71. The van der Waals surface area contributed by atoms with Crippen LogP contribution in [0, 0.1) is 0 Å². The van der Waals surface area contributed by atoms with E-state index >= 15 is 0 Å². The monoisotopic (exact) mass is 308 g/mol. The van der Waals surface area contributed by atoms with E-state index in [1.165, 1.54) is 5.56 Å². The van der Waals surface area contributed by atoms with Gasteiger partial charge in [-0.25, -0.2) is 4.89 Å². The molecule has 1 aliphatic carbocycles. The van der Waals surface area contributed by atoms with E-state index in [-0.39, 0.29) is 0 Å². The zero-order valence-corrected chi connectivity index (χ0v) is 12.3. The molecule has 0 saturated carbocycles. The topological polar surface area (TPSA) is 29.5 Å². The van der Waals surface area contributed by atoms with Crippen LogP contribution in [0.25, 0.3) is 0 Å². The fourth-order valence-electron chi connectivity index (χ4n) is 2.99. The number of benzene rings is 2. The summed E-state index contributed by atoms with van der Waals surface area (Å²) in [5.74, 6) is 0. The van der Waals surface area contributed by atoms with Gasteiger partial charge in [0.15, 0.2) is 5.60 Å². The molecule has 0 radical (unpaired) electrons. The quantitative estimate of drug-likeness (QED) is 0.620. The van der Waals surface area contributed by atoms with Gasteiger partial charge in [-0.15, -0.1) is 0 Å². The molecule has 4 heteroatoms. The highest BCUT2D eigenvalue weighted by atomic mass is 35.5. The van der Waals surface area contributed by atoms with E-state index in [2.05, 4.69) is 6.07 Å². The molecule has 1 atom stereocenters. The third-order valence-electron chi connectivity index (χ3n) is 3.97. The second kappa shape index (κ2) is 5.38. The van der Waals surface area contributed by atoms with E-state index in [0.29, 0.717) is 16.5 Å². The molecule has 0 saturated heterocycles. The number of hydrogen-bond acceptors (Lipinski definition) is 2. The molecule has 104 valence electrons. The van der Waals surface area contributed by atoms with Crippen LogP contribution in [-0.2, 0) is 16.9 Å². The Balaban J connectivity index is 2.20. The summed E-state index contributed by atoms with van der Waals surface area (Å²) in [5, 5.41) is 10.6. The van der Waals surface area contributed by atoms with Crippen molar-refractivity contribution in [2.24, 2.45) is 0 Å². The Bertz CT molecular complexity index is 642. The molecule has 2 nitrogen and oxygen atoms in total. The molecule has 0 aromatic heterocycles. The zero-order valence-electron chi connectivity index (χ0n) is 10.8. The molecule has 0 bridgehead atoms. The van der Waals surface area contributed by atoms with Crippen LogP contribution in [0.15, 0.2) is 42.5 Å². The molecular formula is C16H14Cl2O2. The summed E-state index contributed by atoms with van der Waals surface area (Å²) in [7, 11) is 0. The van der Waals surface area contributed by atoms with E-state index in [1.807, 2.05) is 24.3 Å². The molecule has 2 aromatic carbocycles. The first kappa shape index (κ1) is 13.9. The number of aryl methyl sites for hydroxylation is 1. The maximum Gasteiger partial charge on any atom is 0.153 e. The van der Waals surface area contributed by atoms with Gasteiger partial charge in [0.1, 0.15) is 0 Å². The Hall–Kier alpha value is -1.06. The number of rotatable bonds is 2. The molecule has 20 heavy (non-hydrogen) atoms. The Kier molecular flexibility index (Phi) is 3.74. The van der Waals surface area contributed by atoms with Crippen LogP contribution in [-0.4, -0.2) is 5.26 Å². The molecule has 0 spiro atoms. The summed E-state index contributed by atoms with van der Waals surface area (Å²) < 4.78 is 0. The maximum atomic E-state index is 9.63. The Morgan fingerprint density at radius 3 is 2.60 bits per heavy atom. The van der Waals surface area contributed by atoms with Gasteiger partial charge in [0.25, 0.3) is 0 Å². The van der Waals surface area contributed by atoms with Gasteiger partial charge < -0.3 is 0 Å². The molecule has 2 aromatic rings. The fraction of sp³-hybridized carbons (Fsp3) is 0.250. The fourth-order valence-corrected chi connectivity index (χ4v) is 3.29. The smallest absolute Gasteiger partial charge is 0.153 e. The predicted octanol–water partition coefficient (Wildman–Crippen LogP) is 5.06. The summed E-state index contributed by atoms with van der Waals surface area (Å²) in [4.78, 5) is 4.98. The van der Waals surface area contributed by atoms with Crippen molar-refractivity contribution in [3.63, 3.8) is 0 Å². The van der Waals surface area contributed by atoms with Crippen LogP contribution in [0.3, 0.4) is 0 Å². The normalized spacial score (nSPS) is 21.6. The predicted molar refractivity (Wildman–Crippen MR) is 80.3 cm³/mol. The third kappa shape index (κ3) is 2.13. The van der Waals surface area contributed by atoms with Gasteiger partial charge in [0, 0.05) is 0 Å². The first-order valence-electron chi connectivity index (χ1n) is 6.54. The lowest BCUT2D eigenvalue weighted by Gasteiger charge is -2.36. The van der Waals surface area contributed by atoms with Crippen molar-refractivity contribution in [2.45, 2.75) is 24.9 Å². The average Bonchev–Trinajstić information content (AvgIpc) is 2.49. The van der Waals surface area contributed by atoms with Gasteiger partial charge in [-0.05, 0) is 48.1 Å². The van der Waals surface area contributed by atoms with E-state index in [4.69, 9.17) is 28.1 Å². The molecule has 3 rings (SSSR count). The summed E-state index contributed by atoms with van der Waals surface area (Å²) >= 11 is 12.1. The molecule has 0 aliphatic heterocycles. The zero-order chi connectivity index (χ0) is 14.2.